The van der Waals surface area contributed by atoms with Crippen molar-refractivity contribution in [2.45, 2.75) is 6.42 Å². The van der Waals surface area contributed by atoms with Crippen LogP contribution in [0.3, 0.4) is 0 Å². The maximum absolute atomic E-state index is 13.2. The lowest BCUT2D eigenvalue weighted by Gasteiger charge is -2.06. The Morgan fingerprint density at radius 1 is 1.67 bits per heavy atom. The third kappa shape index (κ3) is 2.44. The van der Waals surface area contributed by atoms with Gasteiger partial charge in [0.05, 0.1) is 19.1 Å². The molecule has 0 aromatic heterocycles. The Hall–Kier alpha value is -2.09. The number of nitrogens with zero attached hydrogens (tertiary/aromatic N) is 1. The van der Waals surface area contributed by atoms with Crippen molar-refractivity contribution in [2.24, 2.45) is 0 Å². The van der Waals surface area contributed by atoms with Crippen LogP contribution in [0, 0.1) is 17.1 Å². The van der Waals surface area contributed by atoms with E-state index in [9.17, 15) is 9.18 Å². The number of benzene rings is 1. The Balaban J connectivity index is 3.21. The minimum absolute atomic E-state index is 0.00153. The molecule has 1 aromatic carbocycles. The zero-order chi connectivity index (χ0) is 11.4. The molecule has 0 bridgehead atoms. The van der Waals surface area contributed by atoms with Gasteiger partial charge in [0.1, 0.15) is 17.6 Å². The molecule has 0 spiro atoms. The van der Waals surface area contributed by atoms with Crippen LogP contribution in [0.5, 0.6) is 5.75 Å². The first kappa shape index (κ1) is 11.0. The van der Waals surface area contributed by atoms with Gasteiger partial charge in [0.2, 0.25) is 0 Å². The van der Waals surface area contributed by atoms with Crippen molar-refractivity contribution in [3.05, 3.63) is 29.1 Å². The smallest absolute Gasteiger partial charge is 0.307 e. The van der Waals surface area contributed by atoms with Gasteiger partial charge in [-0.2, -0.15) is 5.26 Å². The number of carboxylic acids is 1. The SMILES string of the molecule is COc1cc(CC(=O)O)c(F)cc1C#N. The standard InChI is InChI=1S/C10H8FNO3/c1-15-9-3-6(4-10(13)14)8(11)2-7(9)5-12/h2-3H,4H2,1H3,(H,13,14). The summed E-state index contributed by atoms with van der Waals surface area (Å²) >= 11 is 0. The third-order valence-electron chi connectivity index (χ3n) is 1.83. The van der Waals surface area contributed by atoms with Gasteiger partial charge >= 0.3 is 5.97 Å². The number of methoxy groups -OCH3 is 1. The molecule has 0 atom stereocenters. The fourth-order valence-electron chi connectivity index (χ4n) is 1.15. The summed E-state index contributed by atoms with van der Waals surface area (Å²) < 4.78 is 18.1. The summed E-state index contributed by atoms with van der Waals surface area (Å²) in [6.45, 7) is 0. The summed E-state index contributed by atoms with van der Waals surface area (Å²) in [6, 6.07) is 3.95. The van der Waals surface area contributed by atoms with E-state index in [2.05, 4.69) is 0 Å². The first-order valence-corrected chi connectivity index (χ1v) is 4.06. The maximum atomic E-state index is 13.2. The molecule has 0 saturated carbocycles. The summed E-state index contributed by atoms with van der Waals surface area (Å²) in [5, 5.41) is 17.1. The van der Waals surface area contributed by atoms with Crippen LogP contribution in [0.2, 0.25) is 0 Å². The van der Waals surface area contributed by atoms with E-state index in [1.807, 2.05) is 0 Å². The van der Waals surface area contributed by atoms with Crippen LogP contribution < -0.4 is 4.74 Å². The van der Waals surface area contributed by atoms with E-state index in [1.165, 1.54) is 13.2 Å². The predicted molar refractivity (Wildman–Crippen MR) is 49.0 cm³/mol. The van der Waals surface area contributed by atoms with E-state index in [-0.39, 0.29) is 16.9 Å². The highest BCUT2D eigenvalue weighted by atomic mass is 19.1. The molecule has 0 aliphatic heterocycles. The van der Waals surface area contributed by atoms with Crippen molar-refractivity contribution in [3.8, 4) is 11.8 Å². The van der Waals surface area contributed by atoms with Crippen LogP contribution in [0.15, 0.2) is 12.1 Å². The highest BCUT2D eigenvalue weighted by molar-refractivity contribution is 5.70. The van der Waals surface area contributed by atoms with Crippen molar-refractivity contribution in [1.82, 2.24) is 0 Å². The van der Waals surface area contributed by atoms with E-state index >= 15 is 0 Å². The van der Waals surface area contributed by atoms with E-state index in [1.54, 1.807) is 6.07 Å². The molecular formula is C10H8FNO3. The number of nitriles is 1. The molecule has 0 aliphatic carbocycles. The maximum Gasteiger partial charge on any atom is 0.307 e. The molecule has 0 unspecified atom stereocenters. The van der Waals surface area contributed by atoms with Crippen LogP contribution in [0.1, 0.15) is 11.1 Å². The van der Waals surface area contributed by atoms with Crippen LogP contribution in [0.4, 0.5) is 4.39 Å². The van der Waals surface area contributed by atoms with Crippen LogP contribution in [-0.2, 0) is 11.2 Å². The molecule has 0 fully saturated rings. The summed E-state index contributed by atoms with van der Waals surface area (Å²) in [7, 11) is 1.33. The molecule has 0 amide bonds. The van der Waals surface area contributed by atoms with Crippen molar-refractivity contribution >= 4 is 5.97 Å². The van der Waals surface area contributed by atoms with E-state index < -0.39 is 18.2 Å². The second kappa shape index (κ2) is 4.42. The molecule has 4 nitrogen and oxygen atoms in total. The van der Waals surface area contributed by atoms with Gasteiger partial charge in [0.15, 0.2) is 0 Å². The molecule has 0 aliphatic rings. The normalized spacial score (nSPS) is 9.40. The largest absolute Gasteiger partial charge is 0.495 e. The number of ether oxygens (including phenoxy) is 1. The highest BCUT2D eigenvalue weighted by Crippen LogP contribution is 2.22. The first-order chi connectivity index (χ1) is 7.08. The van der Waals surface area contributed by atoms with Gasteiger partial charge in [-0.3, -0.25) is 4.79 Å². The van der Waals surface area contributed by atoms with Crippen molar-refractivity contribution in [1.29, 1.82) is 5.26 Å². The zero-order valence-corrected chi connectivity index (χ0v) is 7.95. The van der Waals surface area contributed by atoms with E-state index in [0.29, 0.717) is 0 Å². The van der Waals surface area contributed by atoms with Gasteiger partial charge in [-0.25, -0.2) is 4.39 Å². The predicted octanol–water partition coefficient (Wildman–Crippen LogP) is 1.33. The summed E-state index contributed by atoms with van der Waals surface area (Å²) in [5.41, 5.74) is 0.0440. The first-order valence-electron chi connectivity index (χ1n) is 4.06. The number of hydrogen-bond donors (Lipinski definition) is 1. The quantitative estimate of drug-likeness (QED) is 0.815. The van der Waals surface area contributed by atoms with Crippen LogP contribution in [-0.4, -0.2) is 18.2 Å². The minimum atomic E-state index is -1.14. The Morgan fingerprint density at radius 2 is 2.33 bits per heavy atom. The molecule has 1 aromatic rings. The second-order valence-corrected chi connectivity index (χ2v) is 2.83. The number of halogens is 1. The average molecular weight is 209 g/mol. The summed E-state index contributed by atoms with van der Waals surface area (Å²) in [6.07, 6.45) is -0.437. The molecule has 1 rings (SSSR count). The van der Waals surface area contributed by atoms with Gasteiger partial charge in [-0.05, 0) is 12.1 Å². The number of carboxylic acid groups (broad SMARTS) is 1. The lowest BCUT2D eigenvalue weighted by molar-refractivity contribution is -0.136. The molecule has 15 heavy (non-hydrogen) atoms. The van der Waals surface area contributed by atoms with Crippen LogP contribution >= 0.6 is 0 Å². The third-order valence-corrected chi connectivity index (χ3v) is 1.83. The van der Waals surface area contributed by atoms with E-state index in [0.717, 1.165) is 6.07 Å². The Kier molecular flexibility index (Phi) is 3.24. The second-order valence-electron chi connectivity index (χ2n) is 2.83. The number of rotatable bonds is 3. The molecular weight excluding hydrogens is 201 g/mol. The Bertz CT molecular complexity index is 437. The highest BCUT2D eigenvalue weighted by Gasteiger charge is 2.12. The number of carbonyl (C=O) groups is 1. The van der Waals surface area contributed by atoms with Gasteiger partial charge in [-0.1, -0.05) is 0 Å². The molecule has 5 heteroatoms. The van der Waals surface area contributed by atoms with Gasteiger partial charge < -0.3 is 9.84 Å². The fourth-order valence-corrected chi connectivity index (χ4v) is 1.15. The van der Waals surface area contributed by atoms with Crippen molar-refractivity contribution in [2.75, 3.05) is 7.11 Å². The monoisotopic (exact) mass is 209 g/mol. The van der Waals surface area contributed by atoms with Crippen molar-refractivity contribution < 1.29 is 19.0 Å². The zero-order valence-electron chi connectivity index (χ0n) is 7.95. The molecule has 78 valence electrons. The van der Waals surface area contributed by atoms with Gasteiger partial charge in [0.25, 0.3) is 0 Å². The average Bonchev–Trinajstić information content (AvgIpc) is 2.19. The lowest BCUT2D eigenvalue weighted by atomic mass is 10.1. The Morgan fingerprint density at radius 3 is 2.80 bits per heavy atom. The van der Waals surface area contributed by atoms with Crippen molar-refractivity contribution in [3.63, 3.8) is 0 Å². The van der Waals surface area contributed by atoms with Gasteiger partial charge in [-0.15, -0.1) is 0 Å². The molecule has 0 saturated heterocycles. The lowest BCUT2D eigenvalue weighted by Crippen LogP contribution is -2.03. The fraction of sp³-hybridized carbons (Fsp3) is 0.200. The van der Waals surface area contributed by atoms with Gasteiger partial charge in [0, 0.05) is 5.56 Å². The topological polar surface area (TPSA) is 70.3 Å². The van der Waals surface area contributed by atoms with Crippen LogP contribution in [0.25, 0.3) is 0 Å². The minimum Gasteiger partial charge on any atom is -0.495 e. The summed E-state index contributed by atoms with van der Waals surface area (Å²) in [4.78, 5) is 10.4. The number of aliphatic carboxylic acids is 1. The molecule has 0 radical (unpaired) electrons. The Labute approximate surface area is 85.5 Å². The molecule has 0 heterocycles. The number of hydrogen-bond acceptors (Lipinski definition) is 3. The summed E-state index contributed by atoms with van der Waals surface area (Å²) in [5.74, 6) is -1.68. The molecule has 1 N–H and O–H groups in total. The van der Waals surface area contributed by atoms with E-state index in [4.69, 9.17) is 15.1 Å².